The van der Waals surface area contributed by atoms with Crippen molar-refractivity contribution < 1.29 is 28.4 Å². The van der Waals surface area contributed by atoms with E-state index in [1.807, 2.05) is 30.3 Å². The van der Waals surface area contributed by atoms with E-state index in [1.165, 1.54) is 7.11 Å². The van der Waals surface area contributed by atoms with Crippen molar-refractivity contribution in [3.63, 3.8) is 0 Å². The number of para-hydroxylation sites is 1. The van der Waals surface area contributed by atoms with E-state index < -0.39 is 6.04 Å². The molecular weight excluding hydrogens is 531 g/mol. The van der Waals surface area contributed by atoms with Crippen LogP contribution in [-0.4, -0.2) is 44.6 Å². The number of nitrogens with zero attached hydrogens (tertiary/aromatic N) is 2. The number of aliphatic imine (C=N–C) groups is 1. The molecule has 4 rings (SSSR count). The second-order valence-corrected chi connectivity index (χ2v) is 9.48. The number of anilines is 2. The van der Waals surface area contributed by atoms with E-state index >= 15 is 0 Å². The van der Waals surface area contributed by atoms with Crippen molar-refractivity contribution in [1.82, 2.24) is 5.32 Å². The fourth-order valence-corrected chi connectivity index (χ4v) is 4.70. The number of amides is 3. The number of hydrogen-bond acceptors (Lipinski definition) is 7. The second kappa shape index (κ2) is 13.2. The van der Waals surface area contributed by atoms with Crippen molar-refractivity contribution >= 4 is 51.5 Å². The van der Waals surface area contributed by atoms with Crippen molar-refractivity contribution in [2.45, 2.75) is 32.6 Å². The van der Waals surface area contributed by atoms with Gasteiger partial charge in [-0.3, -0.25) is 19.4 Å². The Bertz CT molecular complexity index is 1430. The lowest BCUT2D eigenvalue weighted by atomic mass is 10.1. The lowest BCUT2D eigenvalue weighted by Crippen LogP contribution is -2.37. The molecule has 1 aliphatic heterocycles. The van der Waals surface area contributed by atoms with Crippen LogP contribution >= 0.6 is 9.47 Å². The van der Waals surface area contributed by atoms with E-state index in [2.05, 4.69) is 31.8 Å². The van der Waals surface area contributed by atoms with Gasteiger partial charge >= 0.3 is 0 Å². The Morgan fingerprint density at radius 2 is 1.88 bits per heavy atom. The maximum absolute atomic E-state index is 13.5. The number of fused-ring (bicyclic) bond motifs is 1. The summed E-state index contributed by atoms with van der Waals surface area (Å²) in [6.45, 7) is 6.22. The number of ether oxygens (including phenoxy) is 2. The van der Waals surface area contributed by atoms with Crippen molar-refractivity contribution in [3.8, 4) is 11.5 Å². The minimum absolute atomic E-state index is 0.120. The summed E-state index contributed by atoms with van der Waals surface area (Å²) in [5.74, 6) is 0.188. The molecule has 0 spiro atoms. The van der Waals surface area contributed by atoms with Crippen molar-refractivity contribution in [3.05, 3.63) is 76.9 Å². The van der Waals surface area contributed by atoms with Gasteiger partial charge in [-0.05, 0) is 67.1 Å². The van der Waals surface area contributed by atoms with Gasteiger partial charge in [-0.2, -0.15) is 0 Å². The lowest BCUT2D eigenvalue weighted by Gasteiger charge is -2.20. The largest absolute Gasteiger partial charge is 0.493 e. The van der Waals surface area contributed by atoms with E-state index in [1.54, 1.807) is 36.1 Å². The Morgan fingerprint density at radius 3 is 2.58 bits per heavy atom. The van der Waals surface area contributed by atoms with Crippen LogP contribution in [0.1, 0.15) is 34.0 Å². The van der Waals surface area contributed by atoms with Gasteiger partial charge in [0.05, 0.1) is 25.0 Å². The highest BCUT2D eigenvalue weighted by atomic mass is 31.0. The average Bonchev–Trinajstić information content (AvgIpc) is 3.39. The fourth-order valence-electron chi connectivity index (χ4n) is 4.51. The Labute approximate surface area is 235 Å². The monoisotopic (exact) mass is 562 g/mol. The van der Waals surface area contributed by atoms with Crippen LogP contribution in [0.5, 0.6) is 11.5 Å². The van der Waals surface area contributed by atoms with Crippen molar-refractivity contribution in [2.24, 2.45) is 4.99 Å². The van der Waals surface area contributed by atoms with Gasteiger partial charge in [0.25, 0.3) is 5.91 Å². The summed E-state index contributed by atoms with van der Waals surface area (Å²) in [6.07, 6.45) is 1.26. The Hall–Kier alpha value is -4.27. The van der Waals surface area contributed by atoms with Crippen LogP contribution in [0.2, 0.25) is 0 Å². The summed E-state index contributed by atoms with van der Waals surface area (Å²) in [4.78, 5) is 42.5. The first kappa shape index (κ1) is 28.7. The van der Waals surface area contributed by atoms with Crippen LogP contribution in [0.3, 0.4) is 0 Å². The van der Waals surface area contributed by atoms with E-state index in [0.29, 0.717) is 41.4 Å². The lowest BCUT2D eigenvalue weighted by molar-refractivity contribution is -0.120. The van der Waals surface area contributed by atoms with Gasteiger partial charge in [-0.15, -0.1) is 0 Å². The quantitative estimate of drug-likeness (QED) is 0.194. The SMILES string of the molecule is C=Nc1cc(OCc2cc(COP)cc(NC(=O)C(C)NC=O)c2)c(OC)cc1C(=O)N1CCc2ccccc21. The molecule has 0 bridgehead atoms. The molecular formula is C29H31N4O6P. The van der Waals surface area contributed by atoms with Crippen LogP contribution in [0, 0.1) is 0 Å². The van der Waals surface area contributed by atoms with E-state index in [9.17, 15) is 14.4 Å². The Morgan fingerprint density at radius 1 is 1.12 bits per heavy atom. The van der Waals surface area contributed by atoms with Gasteiger partial charge in [0.2, 0.25) is 12.3 Å². The highest BCUT2D eigenvalue weighted by molar-refractivity contribution is 7.09. The third-order valence-corrected chi connectivity index (χ3v) is 6.66. The second-order valence-electron chi connectivity index (χ2n) is 9.15. The normalized spacial score (nSPS) is 12.7. The molecule has 0 aromatic heterocycles. The number of methoxy groups -OCH3 is 1. The molecule has 2 atom stereocenters. The number of rotatable bonds is 12. The van der Waals surface area contributed by atoms with Crippen molar-refractivity contribution in [1.29, 1.82) is 0 Å². The highest BCUT2D eigenvalue weighted by Gasteiger charge is 2.28. The topological polar surface area (TPSA) is 119 Å². The first-order chi connectivity index (χ1) is 19.4. The average molecular weight is 563 g/mol. The third kappa shape index (κ3) is 6.47. The van der Waals surface area contributed by atoms with E-state index in [-0.39, 0.29) is 25.0 Å². The standard InChI is InChI=1S/C29H31N4O6P/c1-18(31-17-34)28(35)32-22-11-19(10-20(12-22)16-39-40)15-38-27-14-24(30-2)23(13-26(27)37-3)29(36)33-9-8-21-6-4-5-7-25(21)33/h4-7,10-14,17-18H,2,8-9,15-16,40H2,1,3H3,(H,31,34)(H,32,35). The molecule has 3 aromatic carbocycles. The Balaban J connectivity index is 1.57. The number of nitrogens with one attached hydrogen (secondary N) is 2. The zero-order valence-electron chi connectivity index (χ0n) is 22.3. The minimum atomic E-state index is -0.705. The molecule has 2 unspecified atom stereocenters. The van der Waals surface area contributed by atoms with Gasteiger partial charge in [-0.1, -0.05) is 18.2 Å². The molecule has 11 heteroatoms. The zero-order chi connectivity index (χ0) is 28.6. The molecule has 40 heavy (non-hydrogen) atoms. The smallest absolute Gasteiger partial charge is 0.260 e. The predicted octanol–water partition coefficient (Wildman–Crippen LogP) is 4.19. The number of benzene rings is 3. The van der Waals surface area contributed by atoms with Crippen molar-refractivity contribution in [2.75, 3.05) is 23.9 Å². The zero-order valence-corrected chi connectivity index (χ0v) is 23.5. The fraction of sp³-hybridized carbons (Fsp3) is 0.241. The summed E-state index contributed by atoms with van der Waals surface area (Å²) in [6, 6.07) is 15.8. The van der Waals surface area contributed by atoms with Gasteiger partial charge in [0, 0.05) is 33.5 Å². The molecule has 0 saturated carbocycles. The van der Waals surface area contributed by atoms with E-state index in [0.717, 1.165) is 28.8 Å². The number of hydrogen-bond donors (Lipinski definition) is 2. The summed E-state index contributed by atoms with van der Waals surface area (Å²) < 4.78 is 16.9. The minimum Gasteiger partial charge on any atom is -0.493 e. The molecule has 0 fully saturated rings. The molecule has 0 aliphatic carbocycles. The third-order valence-electron chi connectivity index (χ3n) is 6.49. The van der Waals surface area contributed by atoms with Crippen LogP contribution in [0.25, 0.3) is 0 Å². The van der Waals surface area contributed by atoms with Gasteiger partial charge in [-0.25, -0.2) is 0 Å². The van der Waals surface area contributed by atoms with Gasteiger partial charge in [0.15, 0.2) is 11.5 Å². The summed E-state index contributed by atoms with van der Waals surface area (Å²) in [5, 5.41) is 5.22. The molecule has 208 valence electrons. The molecule has 1 heterocycles. The summed E-state index contributed by atoms with van der Waals surface area (Å²) in [5.41, 5.74) is 4.81. The predicted molar refractivity (Wildman–Crippen MR) is 157 cm³/mol. The van der Waals surface area contributed by atoms with E-state index in [4.69, 9.17) is 14.0 Å². The van der Waals surface area contributed by atoms with Crippen LogP contribution in [0.4, 0.5) is 17.1 Å². The molecule has 0 saturated heterocycles. The molecule has 0 radical (unpaired) electrons. The number of carbonyl (C=O) groups is 3. The summed E-state index contributed by atoms with van der Waals surface area (Å²) >= 11 is 0. The maximum Gasteiger partial charge on any atom is 0.260 e. The molecule has 1 aliphatic rings. The first-order valence-corrected chi connectivity index (χ1v) is 13.0. The van der Waals surface area contributed by atoms with Crippen LogP contribution in [-0.2, 0) is 33.7 Å². The van der Waals surface area contributed by atoms with Gasteiger partial charge < -0.3 is 29.5 Å². The van der Waals surface area contributed by atoms with Gasteiger partial charge in [0.1, 0.15) is 12.6 Å². The maximum atomic E-state index is 13.5. The molecule has 3 aromatic rings. The molecule has 3 amide bonds. The van der Waals surface area contributed by atoms with Crippen LogP contribution < -0.4 is 25.0 Å². The summed E-state index contributed by atoms with van der Waals surface area (Å²) in [7, 11) is 3.69. The number of carbonyl (C=O) groups excluding carboxylic acids is 3. The molecule has 2 N–H and O–H groups in total. The van der Waals surface area contributed by atoms with Crippen LogP contribution in [0.15, 0.2) is 59.6 Å². The Kier molecular flexibility index (Phi) is 9.47. The first-order valence-electron chi connectivity index (χ1n) is 12.5. The highest BCUT2D eigenvalue weighted by Crippen LogP contribution is 2.38. The molecule has 10 nitrogen and oxygen atoms in total.